The van der Waals surface area contributed by atoms with Crippen molar-refractivity contribution in [3.63, 3.8) is 0 Å². The SMILES string of the molecule is CN1C2CCC1CN(c1cccc(F)c1C(=N)N)CC2. The zero-order valence-corrected chi connectivity index (χ0v) is 11.8. The van der Waals surface area contributed by atoms with Crippen molar-refractivity contribution in [3.05, 3.63) is 29.6 Å². The second-order valence-electron chi connectivity index (χ2n) is 5.83. The Morgan fingerprint density at radius 1 is 1.30 bits per heavy atom. The maximum absolute atomic E-state index is 14.0. The molecule has 0 spiro atoms. The van der Waals surface area contributed by atoms with Crippen molar-refractivity contribution in [3.8, 4) is 0 Å². The largest absolute Gasteiger partial charge is 0.384 e. The lowest BCUT2D eigenvalue weighted by molar-refractivity contribution is 0.254. The van der Waals surface area contributed by atoms with Crippen LogP contribution in [0.4, 0.5) is 10.1 Å². The van der Waals surface area contributed by atoms with E-state index in [9.17, 15) is 4.39 Å². The number of nitrogen functional groups attached to an aromatic ring is 1. The van der Waals surface area contributed by atoms with Crippen LogP contribution in [0.1, 0.15) is 24.8 Å². The van der Waals surface area contributed by atoms with Gasteiger partial charge in [-0.3, -0.25) is 10.3 Å². The minimum absolute atomic E-state index is 0.194. The van der Waals surface area contributed by atoms with Gasteiger partial charge in [0.2, 0.25) is 0 Å². The van der Waals surface area contributed by atoms with Gasteiger partial charge in [0.05, 0.1) is 11.3 Å². The fourth-order valence-electron chi connectivity index (χ4n) is 3.57. The summed E-state index contributed by atoms with van der Waals surface area (Å²) in [5.41, 5.74) is 6.58. The summed E-state index contributed by atoms with van der Waals surface area (Å²) in [5.74, 6) is -0.598. The first kappa shape index (κ1) is 13.4. The molecule has 2 aliphatic rings. The van der Waals surface area contributed by atoms with E-state index >= 15 is 0 Å². The second-order valence-corrected chi connectivity index (χ2v) is 5.83. The molecular weight excluding hydrogens is 255 g/mol. The van der Waals surface area contributed by atoms with Gasteiger partial charge in [0, 0.05) is 25.2 Å². The predicted octanol–water partition coefficient (Wildman–Crippen LogP) is 1.78. The first-order valence-electron chi connectivity index (χ1n) is 7.17. The van der Waals surface area contributed by atoms with E-state index in [0.29, 0.717) is 12.1 Å². The number of halogens is 1. The van der Waals surface area contributed by atoms with Crippen molar-refractivity contribution >= 4 is 11.5 Å². The molecule has 1 aromatic rings. The molecule has 108 valence electrons. The van der Waals surface area contributed by atoms with E-state index < -0.39 is 5.82 Å². The lowest BCUT2D eigenvalue weighted by atomic mass is 10.1. The Bertz CT molecular complexity index is 531. The van der Waals surface area contributed by atoms with Crippen LogP contribution in [0.3, 0.4) is 0 Å². The second kappa shape index (κ2) is 5.05. The fraction of sp³-hybridized carbons (Fsp3) is 0.533. The summed E-state index contributed by atoms with van der Waals surface area (Å²) in [7, 11) is 2.18. The molecule has 3 rings (SSSR count). The van der Waals surface area contributed by atoms with Crippen molar-refractivity contribution in [2.75, 3.05) is 25.0 Å². The Hall–Kier alpha value is -1.62. The van der Waals surface area contributed by atoms with Crippen LogP contribution in [0.2, 0.25) is 0 Å². The summed E-state index contributed by atoms with van der Waals surface area (Å²) in [5, 5.41) is 7.63. The summed E-state index contributed by atoms with van der Waals surface area (Å²) in [4.78, 5) is 4.65. The van der Waals surface area contributed by atoms with Gasteiger partial charge < -0.3 is 10.6 Å². The number of likely N-dealkylation sites (N-methyl/N-ethyl adjacent to an activating group) is 1. The van der Waals surface area contributed by atoms with Crippen LogP contribution in [-0.2, 0) is 0 Å². The van der Waals surface area contributed by atoms with Gasteiger partial charge >= 0.3 is 0 Å². The third-order valence-corrected chi connectivity index (χ3v) is 4.75. The molecule has 4 nitrogen and oxygen atoms in total. The smallest absolute Gasteiger partial charge is 0.136 e. The maximum Gasteiger partial charge on any atom is 0.136 e. The quantitative estimate of drug-likeness (QED) is 0.639. The molecule has 2 heterocycles. The standard InChI is InChI=1S/C15H21FN4/c1-19-10-5-6-11(19)9-20(8-7-10)13-4-2-3-12(16)14(13)15(17)18/h2-4,10-11H,5-9H2,1H3,(H3,17,18). The van der Waals surface area contributed by atoms with Crippen LogP contribution in [0, 0.1) is 11.2 Å². The zero-order valence-electron chi connectivity index (χ0n) is 11.8. The van der Waals surface area contributed by atoms with Crippen LogP contribution >= 0.6 is 0 Å². The van der Waals surface area contributed by atoms with E-state index in [4.69, 9.17) is 11.1 Å². The Morgan fingerprint density at radius 2 is 2.05 bits per heavy atom. The molecule has 2 aliphatic heterocycles. The Morgan fingerprint density at radius 3 is 2.80 bits per heavy atom. The lowest BCUT2D eigenvalue weighted by Crippen LogP contribution is -2.37. The van der Waals surface area contributed by atoms with Gasteiger partial charge in [0.1, 0.15) is 11.7 Å². The number of hydrogen-bond acceptors (Lipinski definition) is 3. The van der Waals surface area contributed by atoms with Crippen LogP contribution in [0.5, 0.6) is 0 Å². The predicted molar refractivity (Wildman–Crippen MR) is 78.8 cm³/mol. The summed E-state index contributed by atoms with van der Waals surface area (Å²) >= 11 is 0. The third kappa shape index (κ3) is 2.16. The van der Waals surface area contributed by atoms with Crippen molar-refractivity contribution in [1.82, 2.24) is 4.90 Å². The third-order valence-electron chi connectivity index (χ3n) is 4.75. The van der Waals surface area contributed by atoms with E-state index in [1.165, 1.54) is 18.9 Å². The summed E-state index contributed by atoms with van der Waals surface area (Å²) in [6, 6.07) is 6.10. The number of amidine groups is 1. The van der Waals surface area contributed by atoms with Gasteiger partial charge in [-0.25, -0.2) is 4.39 Å². The number of nitrogens with zero attached hydrogens (tertiary/aromatic N) is 2. The average molecular weight is 276 g/mol. The van der Waals surface area contributed by atoms with E-state index in [2.05, 4.69) is 16.8 Å². The summed E-state index contributed by atoms with van der Waals surface area (Å²) in [6.45, 7) is 1.78. The molecule has 0 aliphatic carbocycles. The molecule has 5 heteroatoms. The zero-order chi connectivity index (χ0) is 14.3. The average Bonchev–Trinajstić information content (AvgIpc) is 2.62. The van der Waals surface area contributed by atoms with Gasteiger partial charge in [0.15, 0.2) is 0 Å². The molecule has 2 saturated heterocycles. The molecule has 0 radical (unpaired) electrons. The Kier molecular flexibility index (Phi) is 3.38. The molecule has 0 amide bonds. The Balaban J connectivity index is 1.94. The van der Waals surface area contributed by atoms with Gasteiger partial charge in [-0.15, -0.1) is 0 Å². The summed E-state index contributed by atoms with van der Waals surface area (Å²) < 4.78 is 14.0. The van der Waals surface area contributed by atoms with Crippen molar-refractivity contribution in [2.24, 2.45) is 5.73 Å². The van der Waals surface area contributed by atoms with Gasteiger partial charge in [-0.1, -0.05) is 6.07 Å². The molecular formula is C15H21FN4. The molecule has 0 aromatic heterocycles. The minimum Gasteiger partial charge on any atom is -0.384 e. The number of nitrogens with two attached hydrogens (primary N) is 1. The number of anilines is 1. The normalized spacial score (nSPS) is 26.6. The molecule has 2 atom stereocenters. The van der Waals surface area contributed by atoms with Gasteiger partial charge in [0.25, 0.3) is 0 Å². The van der Waals surface area contributed by atoms with Crippen LogP contribution in [-0.4, -0.2) is 43.0 Å². The van der Waals surface area contributed by atoms with Crippen molar-refractivity contribution in [1.29, 1.82) is 5.41 Å². The summed E-state index contributed by atoms with van der Waals surface area (Å²) in [6.07, 6.45) is 3.54. The number of fused-ring (bicyclic) bond motifs is 2. The topological polar surface area (TPSA) is 56.4 Å². The van der Waals surface area contributed by atoms with Crippen LogP contribution in [0.25, 0.3) is 0 Å². The number of rotatable bonds is 2. The number of hydrogen-bond donors (Lipinski definition) is 2. The van der Waals surface area contributed by atoms with Gasteiger partial charge in [-0.05, 0) is 38.4 Å². The van der Waals surface area contributed by atoms with E-state index in [1.807, 2.05) is 6.07 Å². The van der Waals surface area contributed by atoms with Crippen LogP contribution < -0.4 is 10.6 Å². The van der Waals surface area contributed by atoms with E-state index in [-0.39, 0.29) is 11.4 Å². The number of nitrogens with one attached hydrogen (secondary N) is 1. The fourth-order valence-corrected chi connectivity index (χ4v) is 3.57. The van der Waals surface area contributed by atoms with Crippen molar-refractivity contribution in [2.45, 2.75) is 31.3 Å². The highest BCUT2D eigenvalue weighted by Gasteiger charge is 2.35. The van der Waals surface area contributed by atoms with E-state index in [1.54, 1.807) is 6.07 Å². The molecule has 2 fully saturated rings. The van der Waals surface area contributed by atoms with Crippen molar-refractivity contribution < 1.29 is 4.39 Å². The minimum atomic E-state index is -0.405. The van der Waals surface area contributed by atoms with E-state index in [0.717, 1.165) is 25.2 Å². The maximum atomic E-state index is 14.0. The molecule has 20 heavy (non-hydrogen) atoms. The molecule has 0 saturated carbocycles. The molecule has 2 unspecified atom stereocenters. The molecule has 2 bridgehead atoms. The molecule has 1 aromatic carbocycles. The highest BCUT2D eigenvalue weighted by atomic mass is 19.1. The van der Waals surface area contributed by atoms with Crippen LogP contribution in [0.15, 0.2) is 18.2 Å². The molecule has 3 N–H and O–H groups in total. The van der Waals surface area contributed by atoms with Gasteiger partial charge in [-0.2, -0.15) is 0 Å². The first-order chi connectivity index (χ1) is 9.58. The number of benzene rings is 1. The highest BCUT2D eigenvalue weighted by Crippen LogP contribution is 2.32. The highest BCUT2D eigenvalue weighted by molar-refractivity contribution is 6.00. The lowest BCUT2D eigenvalue weighted by Gasteiger charge is -2.29. The Labute approximate surface area is 118 Å². The first-order valence-corrected chi connectivity index (χ1v) is 7.17. The monoisotopic (exact) mass is 276 g/mol.